The van der Waals surface area contributed by atoms with Gasteiger partial charge in [0.1, 0.15) is 22.2 Å². The molecule has 0 spiro atoms. The number of halogens is 4. The first kappa shape index (κ1) is 22.3. The Morgan fingerprint density at radius 2 is 2.03 bits per heavy atom. The molecule has 0 radical (unpaired) electrons. The minimum Gasteiger partial charge on any atom is -0.467 e. The number of hydrogen-bond acceptors (Lipinski definition) is 6. The average molecular weight is 482 g/mol. The molecule has 4 heterocycles. The molecule has 0 aliphatic carbocycles. The third-order valence-corrected chi connectivity index (χ3v) is 4.92. The maximum atomic E-state index is 13.4. The third kappa shape index (κ3) is 4.26. The van der Waals surface area contributed by atoms with Gasteiger partial charge < -0.3 is 15.1 Å². The van der Waals surface area contributed by atoms with E-state index in [1.165, 1.54) is 31.1 Å². The highest BCUT2D eigenvalue weighted by Crippen LogP contribution is 2.32. The summed E-state index contributed by atoms with van der Waals surface area (Å²) in [5, 5.41) is 12.3. The molecule has 33 heavy (non-hydrogen) atoms. The number of rotatable bonds is 5. The van der Waals surface area contributed by atoms with Gasteiger partial charge in [-0.05, 0) is 25.1 Å². The molecular formula is C19H15ClF3N7O3. The quantitative estimate of drug-likeness (QED) is 0.451. The summed E-state index contributed by atoms with van der Waals surface area (Å²) in [6, 6.07) is 4.12. The largest absolute Gasteiger partial charge is 0.467 e. The summed E-state index contributed by atoms with van der Waals surface area (Å²) in [6.45, 7) is 1.45. The molecule has 2 N–H and O–H groups in total. The maximum absolute atomic E-state index is 13.4. The van der Waals surface area contributed by atoms with Gasteiger partial charge in [0.25, 0.3) is 11.8 Å². The maximum Gasteiger partial charge on any atom is 0.433 e. The molecule has 14 heteroatoms. The van der Waals surface area contributed by atoms with Crippen molar-refractivity contribution in [3.63, 3.8) is 0 Å². The van der Waals surface area contributed by atoms with Crippen molar-refractivity contribution >= 4 is 34.7 Å². The minimum absolute atomic E-state index is 0.000238. The van der Waals surface area contributed by atoms with Crippen molar-refractivity contribution in [1.29, 1.82) is 0 Å². The van der Waals surface area contributed by atoms with Crippen LogP contribution < -0.4 is 10.6 Å². The van der Waals surface area contributed by atoms with Crippen LogP contribution in [0.4, 0.5) is 18.9 Å². The monoisotopic (exact) mass is 481 g/mol. The van der Waals surface area contributed by atoms with Gasteiger partial charge in [-0.15, -0.1) is 0 Å². The third-order valence-electron chi connectivity index (χ3n) is 4.57. The van der Waals surface area contributed by atoms with Crippen LogP contribution in [0.15, 0.2) is 35.1 Å². The van der Waals surface area contributed by atoms with Gasteiger partial charge in [0.2, 0.25) is 0 Å². The number of carbonyl (C=O) groups excluding carboxylic acids is 2. The van der Waals surface area contributed by atoms with E-state index in [0.717, 1.165) is 6.07 Å². The van der Waals surface area contributed by atoms with E-state index in [-0.39, 0.29) is 34.3 Å². The van der Waals surface area contributed by atoms with Gasteiger partial charge in [0, 0.05) is 12.7 Å². The summed E-state index contributed by atoms with van der Waals surface area (Å²) in [6.07, 6.45) is -2.08. The van der Waals surface area contributed by atoms with E-state index in [1.54, 1.807) is 12.1 Å². The number of alkyl halides is 3. The van der Waals surface area contributed by atoms with E-state index >= 15 is 0 Å². The molecule has 4 aromatic rings. The Bertz CT molecular complexity index is 1360. The number of nitrogens with zero attached hydrogens (tertiary/aromatic N) is 5. The molecule has 0 atom stereocenters. The highest BCUT2D eigenvalue weighted by molar-refractivity contribution is 6.37. The van der Waals surface area contributed by atoms with Crippen LogP contribution in [0.25, 0.3) is 5.65 Å². The van der Waals surface area contributed by atoms with Crippen LogP contribution in [0.3, 0.4) is 0 Å². The Balaban J connectivity index is 1.63. The van der Waals surface area contributed by atoms with E-state index in [2.05, 4.69) is 25.8 Å². The molecule has 0 bridgehead atoms. The standard InChI is InChI=1S/C19H15ClF3N7O3/c1-9-6-12(19(21,22)23)30-16(26-9)13(20)14(28-30)17(31)27-11-8-25-29(2)15(11)18(32)24-7-10-4-3-5-33-10/h3-6,8H,7H2,1-2H3,(H,24,32)(H,27,31). The summed E-state index contributed by atoms with van der Waals surface area (Å²) < 4.78 is 47.1. The topological polar surface area (TPSA) is 119 Å². The van der Waals surface area contributed by atoms with Gasteiger partial charge in [-0.2, -0.15) is 23.4 Å². The zero-order valence-corrected chi connectivity index (χ0v) is 17.8. The fourth-order valence-corrected chi connectivity index (χ4v) is 3.35. The number of amides is 2. The molecule has 0 fully saturated rings. The average Bonchev–Trinajstić information content (AvgIpc) is 3.46. The summed E-state index contributed by atoms with van der Waals surface area (Å²) in [7, 11) is 1.48. The van der Waals surface area contributed by atoms with Crippen LogP contribution in [0.2, 0.25) is 5.02 Å². The molecule has 172 valence electrons. The Morgan fingerprint density at radius 1 is 1.27 bits per heavy atom. The van der Waals surface area contributed by atoms with Crippen LogP contribution >= 0.6 is 11.6 Å². The van der Waals surface area contributed by atoms with E-state index in [0.29, 0.717) is 10.3 Å². The van der Waals surface area contributed by atoms with Gasteiger partial charge in [0.05, 0.1) is 24.7 Å². The van der Waals surface area contributed by atoms with E-state index in [1.807, 2.05) is 0 Å². The molecule has 0 saturated carbocycles. The minimum atomic E-state index is -4.75. The summed E-state index contributed by atoms with van der Waals surface area (Å²) >= 11 is 6.14. The van der Waals surface area contributed by atoms with Crippen molar-refractivity contribution in [2.45, 2.75) is 19.6 Å². The molecule has 0 aliphatic heterocycles. The molecule has 10 nitrogen and oxygen atoms in total. The van der Waals surface area contributed by atoms with E-state index in [9.17, 15) is 22.8 Å². The summed E-state index contributed by atoms with van der Waals surface area (Å²) in [5.74, 6) is -1.00. The predicted molar refractivity (Wildman–Crippen MR) is 109 cm³/mol. The summed E-state index contributed by atoms with van der Waals surface area (Å²) in [5.41, 5.74) is -1.90. The molecule has 0 aliphatic rings. The zero-order valence-electron chi connectivity index (χ0n) is 17.1. The molecule has 0 unspecified atom stereocenters. The first-order chi connectivity index (χ1) is 15.6. The second-order valence-electron chi connectivity index (χ2n) is 6.93. The lowest BCUT2D eigenvalue weighted by Gasteiger charge is -2.09. The van der Waals surface area contributed by atoms with Crippen molar-refractivity contribution in [2.24, 2.45) is 7.05 Å². The van der Waals surface area contributed by atoms with Crippen LogP contribution in [0, 0.1) is 6.92 Å². The van der Waals surface area contributed by atoms with Gasteiger partial charge in [-0.1, -0.05) is 11.6 Å². The van der Waals surface area contributed by atoms with Crippen molar-refractivity contribution in [3.8, 4) is 0 Å². The van der Waals surface area contributed by atoms with Crippen LogP contribution in [0.1, 0.15) is 38.1 Å². The molecule has 0 saturated heterocycles. The fourth-order valence-electron chi connectivity index (χ4n) is 3.10. The molecular weight excluding hydrogens is 467 g/mol. The SMILES string of the molecule is Cc1cc(C(F)(F)F)n2nc(C(=O)Nc3cnn(C)c3C(=O)NCc3ccco3)c(Cl)c2n1. The zero-order chi connectivity index (χ0) is 23.9. The lowest BCUT2D eigenvalue weighted by molar-refractivity contribution is -0.142. The van der Waals surface area contributed by atoms with Gasteiger partial charge in [0.15, 0.2) is 11.3 Å². The van der Waals surface area contributed by atoms with Crippen molar-refractivity contribution < 1.29 is 27.2 Å². The molecule has 4 rings (SSSR count). The number of aryl methyl sites for hydroxylation is 2. The Labute approximate surface area is 188 Å². The number of fused-ring (bicyclic) bond motifs is 1. The molecule has 4 aromatic heterocycles. The first-order valence-corrected chi connectivity index (χ1v) is 9.71. The highest BCUT2D eigenvalue weighted by Gasteiger charge is 2.36. The molecule has 0 aromatic carbocycles. The summed E-state index contributed by atoms with van der Waals surface area (Å²) in [4.78, 5) is 29.4. The van der Waals surface area contributed by atoms with Crippen LogP contribution in [0.5, 0.6) is 0 Å². The van der Waals surface area contributed by atoms with Crippen molar-refractivity contribution in [2.75, 3.05) is 5.32 Å². The number of anilines is 1. The fraction of sp³-hybridized carbons (Fsp3) is 0.211. The predicted octanol–water partition coefficient (Wildman–Crippen LogP) is 3.22. The van der Waals surface area contributed by atoms with Gasteiger partial charge in [-0.3, -0.25) is 14.3 Å². The van der Waals surface area contributed by atoms with Crippen molar-refractivity contribution in [3.05, 3.63) is 64.2 Å². The smallest absolute Gasteiger partial charge is 0.433 e. The second kappa shape index (κ2) is 8.24. The molecule has 2 amide bonds. The van der Waals surface area contributed by atoms with Crippen molar-refractivity contribution in [1.82, 2.24) is 29.7 Å². The Morgan fingerprint density at radius 3 is 2.70 bits per heavy atom. The lowest BCUT2D eigenvalue weighted by Crippen LogP contribution is -2.26. The number of nitrogens with one attached hydrogen (secondary N) is 2. The van der Waals surface area contributed by atoms with E-state index < -0.39 is 29.4 Å². The second-order valence-corrected chi connectivity index (χ2v) is 7.30. The van der Waals surface area contributed by atoms with Gasteiger partial charge >= 0.3 is 6.18 Å². The number of hydrogen-bond donors (Lipinski definition) is 2. The first-order valence-electron chi connectivity index (χ1n) is 9.33. The number of furan rings is 1. The normalized spacial score (nSPS) is 11.7. The number of aromatic nitrogens is 5. The van der Waals surface area contributed by atoms with Crippen LogP contribution in [-0.4, -0.2) is 36.2 Å². The number of carbonyl (C=O) groups is 2. The lowest BCUT2D eigenvalue weighted by atomic mass is 10.3. The van der Waals surface area contributed by atoms with Crippen LogP contribution in [-0.2, 0) is 19.8 Å². The highest BCUT2D eigenvalue weighted by atomic mass is 35.5. The Hall–Kier alpha value is -3.87. The van der Waals surface area contributed by atoms with E-state index in [4.69, 9.17) is 16.0 Å². The van der Waals surface area contributed by atoms with Gasteiger partial charge in [-0.25, -0.2) is 9.50 Å². The Kier molecular flexibility index (Phi) is 5.57.